The molecule has 0 N–H and O–H groups in total. The number of halogens is 1. The molecule has 0 atom stereocenters. The van der Waals surface area contributed by atoms with Gasteiger partial charge in [-0.05, 0) is 80.3 Å². The van der Waals surface area contributed by atoms with Crippen molar-refractivity contribution in [1.82, 2.24) is 4.90 Å². The molecule has 4 nitrogen and oxygen atoms in total. The van der Waals surface area contributed by atoms with Crippen molar-refractivity contribution in [2.75, 3.05) is 6.54 Å². The predicted octanol–water partition coefficient (Wildman–Crippen LogP) is 6.63. The smallest absolute Gasteiger partial charge is 0.293 e. The predicted molar refractivity (Wildman–Crippen MR) is 125 cm³/mol. The molecule has 2 amide bonds. The molecule has 0 radical (unpaired) electrons. The molecule has 30 heavy (non-hydrogen) atoms. The number of imide groups is 1. The van der Waals surface area contributed by atoms with E-state index >= 15 is 0 Å². The Morgan fingerprint density at radius 2 is 1.83 bits per heavy atom. The van der Waals surface area contributed by atoms with Crippen molar-refractivity contribution in [3.05, 3.63) is 81.2 Å². The molecule has 6 heteroatoms. The summed E-state index contributed by atoms with van der Waals surface area (Å²) >= 11 is 4.54. The molecule has 0 saturated carbocycles. The SMILES string of the molecule is CCCN1C(=O)S/C(=C/c2ccc(OCc3ccc4ccccc4c3)c(Br)c2)C1=O. The van der Waals surface area contributed by atoms with E-state index in [0.29, 0.717) is 18.1 Å². The summed E-state index contributed by atoms with van der Waals surface area (Å²) in [7, 11) is 0. The zero-order chi connectivity index (χ0) is 21.1. The summed E-state index contributed by atoms with van der Waals surface area (Å²) in [5.41, 5.74) is 1.93. The number of thioether (sulfide) groups is 1. The van der Waals surface area contributed by atoms with Crippen LogP contribution in [0.25, 0.3) is 16.8 Å². The van der Waals surface area contributed by atoms with Crippen LogP contribution in [0.5, 0.6) is 5.75 Å². The van der Waals surface area contributed by atoms with Gasteiger partial charge in [0.05, 0.1) is 9.38 Å². The summed E-state index contributed by atoms with van der Waals surface area (Å²) in [5, 5.41) is 2.18. The van der Waals surface area contributed by atoms with Crippen molar-refractivity contribution >= 4 is 55.7 Å². The molecule has 3 aromatic carbocycles. The van der Waals surface area contributed by atoms with Crippen molar-refractivity contribution in [3.8, 4) is 5.75 Å². The molecule has 1 aliphatic rings. The van der Waals surface area contributed by atoms with Crippen molar-refractivity contribution in [1.29, 1.82) is 0 Å². The molecule has 0 spiro atoms. The maximum atomic E-state index is 12.4. The first-order valence-electron chi connectivity index (χ1n) is 9.70. The minimum Gasteiger partial charge on any atom is -0.488 e. The summed E-state index contributed by atoms with van der Waals surface area (Å²) in [6.07, 6.45) is 2.50. The van der Waals surface area contributed by atoms with Gasteiger partial charge in [-0.1, -0.05) is 49.4 Å². The van der Waals surface area contributed by atoms with E-state index in [-0.39, 0.29) is 11.1 Å². The number of hydrogen-bond donors (Lipinski definition) is 0. The second-order valence-electron chi connectivity index (χ2n) is 6.99. The van der Waals surface area contributed by atoms with Gasteiger partial charge in [0.1, 0.15) is 12.4 Å². The van der Waals surface area contributed by atoms with Gasteiger partial charge >= 0.3 is 0 Å². The minimum atomic E-state index is -0.223. The van der Waals surface area contributed by atoms with E-state index in [9.17, 15) is 9.59 Å². The minimum absolute atomic E-state index is 0.206. The van der Waals surface area contributed by atoms with Gasteiger partial charge in [0, 0.05) is 6.54 Å². The average Bonchev–Trinajstić information content (AvgIpc) is 3.00. The molecule has 1 saturated heterocycles. The first-order valence-corrected chi connectivity index (χ1v) is 11.3. The van der Waals surface area contributed by atoms with E-state index in [2.05, 4.69) is 46.3 Å². The van der Waals surface area contributed by atoms with Crippen LogP contribution in [0.3, 0.4) is 0 Å². The number of fused-ring (bicyclic) bond motifs is 1. The molecule has 0 aromatic heterocycles. The van der Waals surface area contributed by atoms with Crippen LogP contribution in [-0.4, -0.2) is 22.6 Å². The number of carbonyl (C=O) groups excluding carboxylic acids is 2. The quantitative estimate of drug-likeness (QED) is 0.370. The van der Waals surface area contributed by atoms with Gasteiger partial charge in [-0.3, -0.25) is 14.5 Å². The third kappa shape index (κ3) is 4.45. The Morgan fingerprint density at radius 3 is 2.60 bits per heavy atom. The molecule has 0 aliphatic carbocycles. The van der Waals surface area contributed by atoms with Crippen molar-refractivity contribution in [2.45, 2.75) is 20.0 Å². The van der Waals surface area contributed by atoms with Crippen LogP contribution >= 0.6 is 27.7 Å². The number of rotatable bonds is 6. The zero-order valence-electron chi connectivity index (χ0n) is 16.4. The van der Waals surface area contributed by atoms with Crippen LogP contribution in [0.15, 0.2) is 70.0 Å². The summed E-state index contributed by atoms with van der Waals surface area (Å²) in [6, 6.07) is 20.2. The molecule has 0 unspecified atom stereocenters. The van der Waals surface area contributed by atoms with Gasteiger partial charge in [0.15, 0.2) is 0 Å². The molecule has 1 heterocycles. The number of amides is 2. The summed E-state index contributed by atoms with van der Waals surface area (Å²) in [4.78, 5) is 26.1. The third-order valence-corrected chi connectivity index (χ3v) is 6.31. The molecular formula is C24H20BrNO3S. The number of ether oxygens (including phenoxy) is 1. The molecule has 0 bridgehead atoms. The summed E-state index contributed by atoms with van der Waals surface area (Å²) in [6.45, 7) is 2.85. The van der Waals surface area contributed by atoms with E-state index in [1.165, 1.54) is 15.7 Å². The first kappa shape index (κ1) is 20.7. The number of hydrogen-bond acceptors (Lipinski definition) is 4. The number of carbonyl (C=O) groups is 2. The molecule has 152 valence electrons. The summed E-state index contributed by atoms with van der Waals surface area (Å²) < 4.78 is 6.78. The normalized spacial score (nSPS) is 15.4. The lowest BCUT2D eigenvalue weighted by molar-refractivity contribution is -0.122. The fraction of sp³-hybridized carbons (Fsp3) is 0.167. The van der Waals surface area contributed by atoms with Crippen molar-refractivity contribution < 1.29 is 14.3 Å². The van der Waals surface area contributed by atoms with Crippen molar-refractivity contribution in [3.63, 3.8) is 0 Å². The first-order chi connectivity index (χ1) is 14.5. The molecule has 3 aromatic rings. The van der Waals surface area contributed by atoms with Crippen molar-refractivity contribution in [2.24, 2.45) is 0 Å². The van der Waals surface area contributed by atoms with Crippen LogP contribution < -0.4 is 4.74 Å². The van der Waals surface area contributed by atoms with Gasteiger partial charge < -0.3 is 4.74 Å². The van der Waals surface area contributed by atoms with Gasteiger partial charge in [0.25, 0.3) is 11.1 Å². The highest BCUT2D eigenvalue weighted by atomic mass is 79.9. The van der Waals surface area contributed by atoms with E-state index < -0.39 is 0 Å². The van der Waals surface area contributed by atoms with Gasteiger partial charge in [-0.2, -0.15) is 0 Å². The lowest BCUT2D eigenvalue weighted by Crippen LogP contribution is -2.28. The largest absolute Gasteiger partial charge is 0.488 e. The fourth-order valence-corrected chi connectivity index (χ4v) is 4.66. The average molecular weight is 482 g/mol. The maximum absolute atomic E-state index is 12.4. The lowest BCUT2D eigenvalue weighted by Gasteiger charge is -2.10. The highest BCUT2D eigenvalue weighted by molar-refractivity contribution is 9.10. The Labute approximate surface area is 188 Å². The molecule has 1 fully saturated rings. The third-order valence-electron chi connectivity index (χ3n) is 4.78. The Morgan fingerprint density at radius 1 is 1.03 bits per heavy atom. The number of nitrogens with zero attached hydrogens (tertiary/aromatic N) is 1. The van der Waals surface area contributed by atoms with E-state index in [4.69, 9.17) is 4.74 Å². The molecule has 1 aliphatic heterocycles. The Kier molecular flexibility index (Phi) is 6.25. The Balaban J connectivity index is 1.46. The van der Waals surface area contributed by atoms with Crippen LogP contribution in [-0.2, 0) is 11.4 Å². The highest BCUT2D eigenvalue weighted by Gasteiger charge is 2.34. The van der Waals surface area contributed by atoms with E-state index in [0.717, 1.165) is 39.5 Å². The standard InChI is InChI=1S/C24H20BrNO3S/c1-2-11-26-23(27)22(30-24(26)28)14-16-8-10-21(20(25)13-16)29-15-17-7-9-18-5-3-4-6-19(18)12-17/h3-10,12-14H,2,11,15H2,1H3/b22-14+. The zero-order valence-corrected chi connectivity index (χ0v) is 18.8. The van der Waals surface area contributed by atoms with Crippen LogP contribution in [0, 0.1) is 0 Å². The van der Waals surface area contributed by atoms with E-state index in [1.54, 1.807) is 6.08 Å². The van der Waals surface area contributed by atoms with Gasteiger partial charge in [-0.15, -0.1) is 0 Å². The van der Waals surface area contributed by atoms with Crippen LogP contribution in [0.4, 0.5) is 4.79 Å². The van der Waals surface area contributed by atoms with Gasteiger partial charge in [-0.25, -0.2) is 0 Å². The number of benzene rings is 3. The Bertz CT molecular complexity index is 1160. The topological polar surface area (TPSA) is 46.6 Å². The van der Waals surface area contributed by atoms with E-state index in [1.807, 2.05) is 37.3 Å². The molecule has 4 rings (SSSR count). The lowest BCUT2D eigenvalue weighted by atomic mass is 10.1. The van der Waals surface area contributed by atoms with Gasteiger partial charge in [0.2, 0.25) is 0 Å². The van der Waals surface area contributed by atoms with Crippen LogP contribution in [0.1, 0.15) is 24.5 Å². The fourth-order valence-electron chi connectivity index (χ4n) is 3.28. The highest BCUT2D eigenvalue weighted by Crippen LogP contribution is 2.34. The van der Waals surface area contributed by atoms with Crippen LogP contribution in [0.2, 0.25) is 0 Å². The monoisotopic (exact) mass is 481 g/mol. The Hall–Kier alpha value is -2.57. The molecular weight excluding hydrogens is 462 g/mol. The summed E-state index contributed by atoms with van der Waals surface area (Å²) in [5.74, 6) is 0.499. The second kappa shape index (κ2) is 9.06. The second-order valence-corrected chi connectivity index (χ2v) is 8.84. The maximum Gasteiger partial charge on any atom is 0.293 e.